The van der Waals surface area contributed by atoms with Gasteiger partial charge < -0.3 is 5.11 Å². The molecule has 0 spiro atoms. The molecular weight excluding hydrogens is 250 g/mol. The van der Waals surface area contributed by atoms with Gasteiger partial charge in [-0.3, -0.25) is 9.00 Å². The van der Waals surface area contributed by atoms with Gasteiger partial charge in [0.15, 0.2) is 0 Å². The van der Waals surface area contributed by atoms with E-state index in [2.05, 4.69) is 0 Å². The zero-order valence-electron chi connectivity index (χ0n) is 9.37. The molecule has 6 heteroatoms. The number of rotatable bonds is 4. The zero-order chi connectivity index (χ0) is 13.2. The predicted molar refractivity (Wildman–Crippen MR) is 59.1 cm³/mol. The summed E-state index contributed by atoms with van der Waals surface area (Å²) in [6.07, 6.45) is 0. The highest BCUT2D eigenvalue weighted by Gasteiger charge is 2.30. The van der Waals surface area contributed by atoms with Crippen molar-refractivity contribution < 1.29 is 22.9 Å². The first kappa shape index (κ1) is 13.8. The van der Waals surface area contributed by atoms with Crippen LogP contribution in [0.25, 0.3) is 0 Å². The number of hydrogen-bond donors (Lipinski definition) is 1. The maximum absolute atomic E-state index is 13.3. The summed E-state index contributed by atoms with van der Waals surface area (Å²) in [6.45, 7) is 2.79. The maximum Gasteiger partial charge on any atom is 0.310 e. The number of aliphatic carboxylic acids is 1. The Bertz CT molecular complexity index is 472. The van der Waals surface area contributed by atoms with Crippen LogP contribution in [0.4, 0.5) is 8.78 Å². The molecule has 0 saturated carbocycles. The molecule has 0 saturated heterocycles. The minimum absolute atomic E-state index is 0.180. The second kappa shape index (κ2) is 4.91. The second-order valence-corrected chi connectivity index (χ2v) is 5.67. The molecule has 0 radical (unpaired) electrons. The van der Waals surface area contributed by atoms with Crippen LogP contribution >= 0.6 is 0 Å². The lowest BCUT2D eigenvalue weighted by Crippen LogP contribution is -2.30. The lowest BCUT2D eigenvalue weighted by Gasteiger charge is -2.18. The van der Waals surface area contributed by atoms with E-state index in [-0.39, 0.29) is 10.6 Å². The van der Waals surface area contributed by atoms with Crippen LogP contribution in [0.3, 0.4) is 0 Å². The summed E-state index contributed by atoms with van der Waals surface area (Å²) in [5.74, 6) is -3.04. The van der Waals surface area contributed by atoms with Crippen molar-refractivity contribution in [2.24, 2.45) is 5.41 Å². The fourth-order valence-corrected chi connectivity index (χ4v) is 2.56. The molecule has 0 aliphatic carbocycles. The third-order valence-corrected chi connectivity index (χ3v) is 4.02. The van der Waals surface area contributed by atoms with E-state index in [1.165, 1.54) is 13.8 Å². The van der Waals surface area contributed by atoms with E-state index in [4.69, 9.17) is 5.11 Å². The fraction of sp³-hybridized carbons (Fsp3) is 0.364. The van der Waals surface area contributed by atoms with Crippen molar-refractivity contribution in [3.05, 3.63) is 29.8 Å². The molecule has 1 rings (SSSR count). The Morgan fingerprint density at radius 3 is 2.47 bits per heavy atom. The van der Waals surface area contributed by atoms with Gasteiger partial charge in [-0.2, -0.15) is 0 Å². The minimum atomic E-state index is -1.82. The zero-order valence-corrected chi connectivity index (χ0v) is 10.2. The molecule has 0 fully saturated rings. The maximum atomic E-state index is 13.3. The van der Waals surface area contributed by atoms with Gasteiger partial charge >= 0.3 is 5.97 Å². The van der Waals surface area contributed by atoms with Gasteiger partial charge in [0.05, 0.1) is 21.1 Å². The van der Waals surface area contributed by atoms with Crippen molar-refractivity contribution >= 4 is 16.8 Å². The average Bonchev–Trinajstić information content (AvgIpc) is 2.15. The lowest BCUT2D eigenvalue weighted by atomic mass is 9.97. The van der Waals surface area contributed by atoms with Crippen LogP contribution in [0, 0.1) is 17.0 Å². The first-order valence-electron chi connectivity index (χ1n) is 4.81. The third kappa shape index (κ3) is 3.33. The van der Waals surface area contributed by atoms with Gasteiger partial charge in [-0.25, -0.2) is 8.78 Å². The second-order valence-electron chi connectivity index (χ2n) is 4.25. The van der Waals surface area contributed by atoms with E-state index in [9.17, 15) is 17.8 Å². The van der Waals surface area contributed by atoms with Crippen LogP contribution in [0.15, 0.2) is 23.1 Å². The molecule has 0 amide bonds. The van der Waals surface area contributed by atoms with Crippen LogP contribution in [0.2, 0.25) is 0 Å². The fourth-order valence-electron chi connectivity index (χ4n) is 1.13. The van der Waals surface area contributed by atoms with E-state index in [0.29, 0.717) is 6.07 Å². The van der Waals surface area contributed by atoms with Crippen molar-refractivity contribution in [1.82, 2.24) is 0 Å². The van der Waals surface area contributed by atoms with Crippen molar-refractivity contribution in [1.29, 1.82) is 0 Å². The van der Waals surface area contributed by atoms with Crippen molar-refractivity contribution in [3.63, 3.8) is 0 Å². The SMILES string of the molecule is CC(C)(CS(=O)c1ccc(F)cc1F)C(=O)O. The molecule has 1 aromatic rings. The van der Waals surface area contributed by atoms with Crippen molar-refractivity contribution in [3.8, 4) is 0 Å². The highest BCUT2D eigenvalue weighted by atomic mass is 32.2. The molecule has 0 aromatic heterocycles. The largest absolute Gasteiger partial charge is 0.481 e. The van der Waals surface area contributed by atoms with E-state index in [1.54, 1.807) is 0 Å². The van der Waals surface area contributed by atoms with Gasteiger partial charge in [0.25, 0.3) is 0 Å². The monoisotopic (exact) mass is 262 g/mol. The predicted octanol–water partition coefficient (Wildman–Crippen LogP) is 2.18. The molecule has 0 aliphatic heterocycles. The molecule has 1 unspecified atom stereocenters. The number of carboxylic acids is 1. The van der Waals surface area contributed by atoms with E-state index in [1.807, 2.05) is 0 Å². The summed E-state index contributed by atoms with van der Waals surface area (Å²) >= 11 is 0. The van der Waals surface area contributed by atoms with Gasteiger partial charge in [0, 0.05) is 11.8 Å². The van der Waals surface area contributed by atoms with Crippen molar-refractivity contribution in [2.75, 3.05) is 5.75 Å². The van der Waals surface area contributed by atoms with Gasteiger partial charge in [0.2, 0.25) is 0 Å². The molecule has 17 heavy (non-hydrogen) atoms. The Hall–Kier alpha value is -1.30. The topological polar surface area (TPSA) is 54.4 Å². The summed E-state index contributed by atoms with van der Waals surface area (Å²) < 4.78 is 37.7. The van der Waals surface area contributed by atoms with Gasteiger partial charge in [-0.15, -0.1) is 0 Å². The molecule has 0 aliphatic rings. The number of carbonyl (C=O) groups is 1. The first-order chi connectivity index (χ1) is 7.74. The Morgan fingerprint density at radius 2 is 2.00 bits per heavy atom. The summed E-state index contributed by atoms with van der Waals surface area (Å²) in [7, 11) is -1.82. The highest BCUT2D eigenvalue weighted by molar-refractivity contribution is 7.85. The first-order valence-corrected chi connectivity index (χ1v) is 6.13. The molecule has 1 atom stereocenters. The molecule has 0 heterocycles. The normalized spacial score (nSPS) is 13.4. The number of benzene rings is 1. The van der Waals surface area contributed by atoms with E-state index >= 15 is 0 Å². The number of halogens is 2. The summed E-state index contributed by atoms with van der Waals surface area (Å²) in [5.41, 5.74) is -1.23. The smallest absolute Gasteiger partial charge is 0.310 e. The quantitative estimate of drug-likeness (QED) is 0.904. The highest BCUT2D eigenvalue weighted by Crippen LogP contribution is 2.22. The Kier molecular flexibility index (Phi) is 3.98. The van der Waals surface area contributed by atoms with Crippen LogP contribution in [-0.4, -0.2) is 21.0 Å². The van der Waals surface area contributed by atoms with Gasteiger partial charge in [-0.05, 0) is 26.0 Å². The molecular formula is C11H12F2O3S. The average molecular weight is 262 g/mol. The Balaban J connectivity index is 2.95. The van der Waals surface area contributed by atoms with Gasteiger partial charge in [-0.1, -0.05) is 0 Å². The molecule has 1 aromatic carbocycles. The van der Waals surface area contributed by atoms with Crippen LogP contribution < -0.4 is 0 Å². The molecule has 3 nitrogen and oxygen atoms in total. The molecule has 1 N–H and O–H groups in total. The van der Waals surface area contributed by atoms with E-state index in [0.717, 1.165) is 12.1 Å². The minimum Gasteiger partial charge on any atom is -0.481 e. The Morgan fingerprint density at radius 1 is 1.41 bits per heavy atom. The van der Waals surface area contributed by atoms with Crippen LogP contribution in [0.1, 0.15) is 13.8 Å². The molecule has 94 valence electrons. The summed E-state index contributed by atoms with van der Waals surface area (Å²) in [6, 6.07) is 2.68. The third-order valence-electron chi connectivity index (χ3n) is 2.21. The van der Waals surface area contributed by atoms with Crippen LogP contribution in [-0.2, 0) is 15.6 Å². The standard InChI is InChI=1S/C11H12F2O3S/c1-11(2,10(14)15)6-17(16)9-4-3-7(12)5-8(9)13/h3-5H,6H2,1-2H3,(H,14,15). The summed E-state index contributed by atoms with van der Waals surface area (Å²) in [5, 5.41) is 8.86. The molecule has 0 bridgehead atoms. The number of hydrogen-bond acceptors (Lipinski definition) is 2. The van der Waals surface area contributed by atoms with Gasteiger partial charge in [0.1, 0.15) is 11.6 Å². The summed E-state index contributed by atoms with van der Waals surface area (Å²) in [4.78, 5) is 10.7. The van der Waals surface area contributed by atoms with Crippen molar-refractivity contribution in [2.45, 2.75) is 18.7 Å². The Labute approximate surface area is 99.9 Å². The van der Waals surface area contributed by atoms with E-state index < -0.39 is 33.8 Å². The lowest BCUT2D eigenvalue weighted by molar-refractivity contribution is -0.145. The van der Waals surface area contributed by atoms with Crippen LogP contribution in [0.5, 0.6) is 0 Å². The number of carboxylic acid groups (broad SMARTS) is 1.